The molecule has 0 aromatic heterocycles. The molecule has 1 aliphatic heterocycles. The zero-order valence-corrected chi connectivity index (χ0v) is 16.1. The Balaban J connectivity index is 1.38. The molecule has 2 aromatic rings. The summed E-state index contributed by atoms with van der Waals surface area (Å²) in [5.74, 6) is 0.218. The highest BCUT2D eigenvalue weighted by Crippen LogP contribution is 2.15. The Hall–Kier alpha value is -2.33. The van der Waals surface area contributed by atoms with E-state index in [2.05, 4.69) is 5.32 Å². The van der Waals surface area contributed by atoms with Gasteiger partial charge in [-0.1, -0.05) is 54.1 Å². The average Bonchev–Trinajstić information content (AvgIpc) is 2.69. The lowest BCUT2D eigenvalue weighted by Gasteiger charge is -2.32. The number of benzene rings is 2. The fourth-order valence-corrected chi connectivity index (χ4v) is 3.49. The first-order valence-corrected chi connectivity index (χ1v) is 9.83. The van der Waals surface area contributed by atoms with E-state index in [-0.39, 0.29) is 17.9 Å². The molecule has 4 nitrogen and oxygen atoms in total. The van der Waals surface area contributed by atoms with Gasteiger partial charge in [0.25, 0.3) is 0 Å². The van der Waals surface area contributed by atoms with Crippen LogP contribution in [0.15, 0.2) is 54.6 Å². The molecule has 0 saturated carbocycles. The number of aryl methyl sites for hydroxylation is 1. The SMILES string of the molecule is O=C(CCc1ccccc1)NC1CCN(C(=O)Cc2ccc(Cl)cc2)CC1. The number of rotatable bonds is 6. The van der Waals surface area contributed by atoms with E-state index in [9.17, 15) is 9.59 Å². The Bertz CT molecular complexity index is 754. The number of halogens is 1. The van der Waals surface area contributed by atoms with Crippen molar-refractivity contribution in [3.05, 3.63) is 70.7 Å². The summed E-state index contributed by atoms with van der Waals surface area (Å²) in [6.07, 6.45) is 3.27. The molecule has 1 saturated heterocycles. The zero-order chi connectivity index (χ0) is 19.1. The van der Waals surface area contributed by atoms with Crippen molar-refractivity contribution >= 4 is 23.4 Å². The topological polar surface area (TPSA) is 49.4 Å². The summed E-state index contributed by atoms with van der Waals surface area (Å²) < 4.78 is 0. The number of carbonyl (C=O) groups excluding carboxylic acids is 2. The molecule has 0 unspecified atom stereocenters. The maximum Gasteiger partial charge on any atom is 0.226 e. The fraction of sp³-hybridized carbons (Fsp3) is 0.364. The van der Waals surface area contributed by atoms with Crippen molar-refractivity contribution < 1.29 is 9.59 Å². The highest BCUT2D eigenvalue weighted by atomic mass is 35.5. The van der Waals surface area contributed by atoms with Crippen molar-refractivity contribution in [2.45, 2.75) is 38.1 Å². The molecule has 0 aliphatic carbocycles. The third-order valence-electron chi connectivity index (χ3n) is 4.96. The van der Waals surface area contributed by atoms with E-state index in [1.807, 2.05) is 47.4 Å². The van der Waals surface area contributed by atoms with Gasteiger partial charge in [-0.05, 0) is 42.5 Å². The van der Waals surface area contributed by atoms with Crippen LogP contribution in [0.3, 0.4) is 0 Å². The van der Waals surface area contributed by atoms with Crippen LogP contribution in [0.25, 0.3) is 0 Å². The van der Waals surface area contributed by atoms with Gasteiger partial charge < -0.3 is 10.2 Å². The monoisotopic (exact) mass is 384 g/mol. The van der Waals surface area contributed by atoms with E-state index >= 15 is 0 Å². The second kappa shape index (κ2) is 9.56. The summed E-state index contributed by atoms with van der Waals surface area (Å²) >= 11 is 5.88. The number of nitrogens with one attached hydrogen (secondary N) is 1. The van der Waals surface area contributed by atoms with E-state index < -0.39 is 0 Å². The minimum absolute atomic E-state index is 0.0878. The van der Waals surface area contributed by atoms with Crippen LogP contribution in [-0.4, -0.2) is 35.8 Å². The van der Waals surface area contributed by atoms with Gasteiger partial charge >= 0.3 is 0 Å². The first-order valence-electron chi connectivity index (χ1n) is 9.45. The third-order valence-corrected chi connectivity index (χ3v) is 5.22. The molecule has 2 amide bonds. The third kappa shape index (κ3) is 6.10. The Morgan fingerprint density at radius 3 is 2.30 bits per heavy atom. The lowest BCUT2D eigenvalue weighted by Crippen LogP contribution is -2.47. The van der Waals surface area contributed by atoms with E-state index in [0.717, 1.165) is 24.8 Å². The number of nitrogens with zero attached hydrogens (tertiary/aromatic N) is 1. The van der Waals surface area contributed by atoms with Gasteiger partial charge in [0, 0.05) is 30.6 Å². The van der Waals surface area contributed by atoms with Crippen molar-refractivity contribution in [1.82, 2.24) is 10.2 Å². The first-order chi connectivity index (χ1) is 13.1. The number of hydrogen-bond acceptors (Lipinski definition) is 2. The van der Waals surface area contributed by atoms with Crippen LogP contribution in [0.5, 0.6) is 0 Å². The van der Waals surface area contributed by atoms with Gasteiger partial charge in [-0.25, -0.2) is 0 Å². The van der Waals surface area contributed by atoms with Gasteiger partial charge in [0.15, 0.2) is 0 Å². The Labute approximate surface area is 165 Å². The second-order valence-electron chi connectivity index (χ2n) is 7.01. The van der Waals surface area contributed by atoms with Crippen LogP contribution < -0.4 is 5.32 Å². The van der Waals surface area contributed by atoms with Gasteiger partial charge in [-0.2, -0.15) is 0 Å². The van der Waals surface area contributed by atoms with Gasteiger partial charge in [-0.3, -0.25) is 9.59 Å². The van der Waals surface area contributed by atoms with Crippen molar-refractivity contribution in [3.8, 4) is 0 Å². The van der Waals surface area contributed by atoms with E-state index in [0.29, 0.717) is 31.0 Å². The maximum atomic E-state index is 12.4. The molecule has 3 rings (SSSR count). The predicted molar refractivity (Wildman–Crippen MR) is 108 cm³/mol. The summed E-state index contributed by atoms with van der Waals surface area (Å²) in [7, 11) is 0. The Morgan fingerprint density at radius 1 is 0.963 bits per heavy atom. The molecule has 0 spiro atoms. The van der Waals surface area contributed by atoms with Crippen LogP contribution in [0.2, 0.25) is 5.02 Å². The maximum absolute atomic E-state index is 12.4. The molecule has 0 bridgehead atoms. The summed E-state index contributed by atoms with van der Waals surface area (Å²) in [5.41, 5.74) is 2.15. The van der Waals surface area contributed by atoms with E-state index in [4.69, 9.17) is 11.6 Å². The number of hydrogen-bond donors (Lipinski definition) is 1. The Kier molecular flexibility index (Phi) is 6.88. The van der Waals surface area contributed by atoms with E-state index in [1.54, 1.807) is 12.1 Å². The van der Waals surface area contributed by atoms with Crippen LogP contribution in [0.4, 0.5) is 0 Å². The second-order valence-corrected chi connectivity index (χ2v) is 7.45. The molecule has 142 valence electrons. The quantitative estimate of drug-likeness (QED) is 0.826. The number of piperidine rings is 1. The van der Waals surface area contributed by atoms with Crippen molar-refractivity contribution in [2.75, 3.05) is 13.1 Å². The standard InChI is InChI=1S/C22H25ClN2O2/c23-19-9-6-18(7-10-19)16-22(27)25-14-12-20(13-15-25)24-21(26)11-8-17-4-2-1-3-5-17/h1-7,9-10,20H,8,11-16H2,(H,24,26). The molecule has 27 heavy (non-hydrogen) atoms. The number of likely N-dealkylation sites (tertiary alicyclic amines) is 1. The van der Waals surface area contributed by atoms with Gasteiger partial charge in [0.05, 0.1) is 6.42 Å². The molecule has 1 heterocycles. The van der Waals surface area contributed by atoms with Gasteiger partial charge in [-0.15, -0.1) is 0 Å². The minimum Gasteiger partial charge on any atom is -0.353 e. The molecular formula is C22H25ClN2O2. The summed E-state index contributed by atoms with van der Waals surface area (Å²) in [6.45, 7) is 1.38. The molecule has 1 aliphatic rings. The number of carbonyl (C=O) groups is 2. The largest absolute Gasteiger partial charge is 0.353 e. The molecule has 1 fully saturated rings. The molecule has 5 heteroatoms. The van der Waals surface area contributed by atoms with Crippen LogP contribution in [-0.2, 0) is 22.4 Å². The van der Waals surface area contributed by atoms with E-state index in [1.165, 1.54) is 5.56 Å². The highest BCUT2D eigenvalue weighted by Gasteiger charge is 2.23. The van der Waals surface area contributed by atoms with Gasteiger partial charge in [0.1, 0.15) is 0 Å². The lowest BCUT2D eigenvalue weighted by molar-refractivity contribution is -0.131. The summed E-state index contributed by atoms with van der Waals surface area (Å²) in [4.78, 5) is 26.5. The normalized spacial score (nSPS) is 14.8. The molecule has 1 N–H and O–H groups in total. The highest BCUT2D eigenvalue weighted by molar-refractivity contribution is 6.30. The Morgan fingerprint density at radius 2 is 1.63 bits per heavy atom. The number of amides is 2. The molecule has 0 atom stereocenters. The predicted octanol–water partition coefficient (Wildman–Crippen LogP) is 3.62. The molecule has 2 aromatic carbocycles. The zero-order valence-electron chi connectivity index (χ0n) is 15.4. The fourth-order valence-electron chi connectivity index (χ4n) is 3.36. The van der Waals surface area contributed by atoms with Crippen LogP contribution in [0, 0.1) is 0 Å². The molecule has 0 radical (unpaired) electrons. The summed E-state index contributed by atoms with van der Waals surface area (Å²) in [5, 5.41) is 3.79. The minimum atomic E-state index is 0.0878. The van der Waals surface area contributed by atoms with Crippen molar-refractivity contribution in [3.63, 3.8) is 0 Å². The molecular weight excluding hydrogens is 360 g/mol. The van der Waals surface area contributed by atoms with Crippen molar-refractivity contribution in [2.24, 2.45) is 0 Å². The van der Waals surface area contributed by atoms with Crippen molar-refractivity contribution in [1.29, 1.82) is 0 Å². The van der Waals surface area contributed by atoms with Gasteiger partial charge in [0.2, 0.25) is 11.8 Å². The summed E-state index contributed by atoms with van der Waals surface area (Å²) in [6, 6.07) is 17.6. The first kappa shape index (κ1) is 19.4. The lowest BCUT2D eigenvalue weighted by atomic mass is 10.0. The average molecular weight is 385 g/mol. The van der Waals surface area contributed by atoms with Crippen LogP contribution >= 0.6 is 11.6 Å². The smallest absolute Gasteiger partial charge is 0.226 e. The van der Waals surface area contributed by atoms with Crippen LogP contribution in [0.1, 0.15) is 30.4 Å².